The maximum absolute atomic E-state index is 11.4. The van der Waals surface area contributed by atoms with Gasteiger partial charge in [0.05, 0.1) is 16.5 Å². The van der Waals surface area contributed by atoms with Gasteiger partial charge >= 0.3 is 0 Å². The van der Waals surface area contributed by atoms with E-state index in [9.17, 15) is 14.7 Å². The first kappa shape index (κ1) is 13.8. The van der Waals surface area contributed by atoms with Gasteiger partial charge in [0.15, 0.2) is 11.5 Å². The number of halogens is 1. The van der Waals surface area contributed by atoms with E-state index in [4.69, 9.17) is 16.3 Å². The smallest absolute Gasteiger partial charge is 0.290 e. The number of benzene rings is 1. The molecule has 7 heteroatoms. The lowest BCUT2D eigenvalue weighted by atomic mass is 10.2. The number of imide groups is 1. The second kappa shape index (κ2) is 5.54. The second-order valence-corrected chi connectivity index (χ2v) is 5.06. The van der Waals surface area contributed by atoms with Crippen LogP contribution in [-0.4, -0.2) is 22.9 Å². The van der Waals surface area contributed by atoms with Gasteiger partial charge in [-0.05, 0) is 42.5 Å². The molecule has 0 unspecified atom stereocenters. The normalized spacial score (nSPS) is 16.8. The lowest BCUT2D eigenvalue weighted by Crippen LogP contribution is -2.17. The van der Waals surface area contributed by atoms with Gasteiger partial charge in [0.1, 0.15) is 0 Å². The van der Waals surface area contributed by atoms with E-state index in [2.05, 4.69) is 5.32 Å². The zero-order valence-corrected chi connectivity index (χ0v) is 11.5. The second-order valence-electron chi connectivity index (χ2n) is 3.63. The van der Waals surface area contributed by atoms with Crippen molar-refractivity contribution in [1.29, 1.82) is 0 Å². The molecular weight excluding hydrogens is 290 g/mol. The maximum Gasteiger partial charge on any atom is 0.290 e. The van der Waals surface area contributed by atoms with E-state index in [1.54, 1.807) is 13.0 Å². The Labute approximate surface area is 118 Å². The van der Waals surface area contributed by atoms with Crippen LogP contribution in [0, 0.1) is 0 Å². The number of thioether (sulfide) groups is 1. The molecule has 2 N–H and O–H groups in total. The summed E-state index contributed by atoms with van der Waals surface area (Å²) in [6, 6.07) is 3.04. The number of aromatic hydroxyl groups is 1. The zero-order valence-electron chi connectivity index (χ0n) is 9.90. The standard InChI is InChI=1S/C12H10ClNO4S/c1-2-18-8-4-6(3-7(13)10(8)15)5-9-11(16)14-12(17)19-9/h3-5,15H,2H2,1H3,(H,14,16,17)/b9-5-. The third-order valence-electron chi connectivity index (χ3n) is 2.29. The zero-order chi connectivity index (χ0) is 14.0. The van der Waals surface area contributed by atoms with Crippen LogP contribution in [0.25, 0.3) is 6.08 Å². The Morgan fingerprint density at radius 1 is 1.47 bits per heavy atom. The number of carbonyl (C=O) groups is 2. The van der Waals surface area contributed by atoms with Gasteiger partial charge in [0.2, 0.25) is 0 Å². The van der Waals surface area contributed by atoms with Crippen molar-refractivity contribution in [3.05, 3.63) is 27.6 Å². The quantitative estimate of drug-likeness (QED) is 0.839. The molecule has 0 saturated carbocycles. The van der Waals surface area contributed by atoms with Crippen LogP contribution in [0.3, 0.4) is 0 Å². The van der Waals surface area contributed by atoms with Crippen molar-refractivity contribution in [1.82, 2.24) is 5.32 Å². The Morgan fingerprint density at radius 3 is 2.79 bits per heavy atom. The van der Waals surface area contributed by atoms with Crippen LogP contribution in [0.15, 0.2) is 17.0 Å². The van der Waals surface area contributed by atoms with Gasteiger partial charge in [-0.25, -0.2) is 0 Å². The van der Waals surface area contributed by atoms with Crippen LogP contribution in [0.4, 0.5) is 4.79 Å². The Morgan fingerprint density at radius 2 is 2.21 bits per heavy atom. The minimum Gasteiger partial charge on any atom is -0.503 e. The third-order valence-corrected chi connectivity index (χ3v) is 3.39. The molecule has 19 heavy (non-hydrogen) atoms. The average molecular weight is 300 g/mol. The first-order valence-electron chi connectivity index (χ1n) is 5.41. The van der Waals surface area contributed by atoms with Crippen LogP contribution >= 0.6 is 23.4 Å². The molecule has 1 aliphatic rings. The number of nitrogens with one attached hydrogen (secondary N) is 1. The largest absolute Gasteiger partial charge is 0.503 e. The van der Waals surface area contributed by atoms with E-state index >= 15 is 0 Å². The van der Waals surface area contributed by atoms with Crippen molar-refractivity contribution in [2.45, 2.75) is 6.92 Å². The number of hydrogen-bond donors (Lipinski definition) is 2. The molecule has 1 aliphatic heterocycles. The van der Waals surface area contributed by atoms with Crippen molar-refractivity contribution >= 4 is 40.6 Å². The summed E-state index contributed by atoms with van der Waals surface area (Å²) in [5, 5.41) is 11.6. The minimum absolute atomic E-state index is 0.118. The van der Waals surface area contributed by atoms with Gasteiger partial charge in [-0.1, -0.05) is 11.6 Å². The van der Waals surface area contributed by atoms with E-state index in [1.165, 1.54) is 12.1 Å². The predicted octanol–water partition coefficient (Wildman–Crippen LogP) is 2.77. The topological polar surface area (TPSA) is 75.6 Å². The number of amides is 2. The predicted molar refractivity (Wildman–Crippen MR) is 73.4 cm³/mol. The lowest BCUT2D eigenvalue weighted by molar-refractivity contribution is -0.115. The molecule has 1 aromatic carbocycles. The summed E-state index contributed by atoms with van der Waals surface area (Å²) < 4.78 is 5.23. The summed E-state index contributed by atoms with van der Waals surface area (Å²) in [7, 11) is 0. The van der Waals surface area contributed by atoms with E-state index in [-0.39, 0.29) is 21.4 Å². The van der Waals surface area contributed by atoms with Crippen LogP contribution in [0.5, 0.6) is 11.5 Å². The van der Waals surface area contributed by atoms with Crippen molar-refractivity contribution in [3.8, 4) is 11.5 Å². The maximum atomic E-state index is 11.4. The Kier molecular flexibility index (Phi) is 4.01. The summed E-state index contributed by atoms with van der Waals surface area (Å²) in [5.74, 6) is -0.362. The first-order valence-corrected chi connectivity index (χ1v) is 6.61. The van der Waals surface area contributed by atoms with E-state index < -0.39 is 11.1 Å². The molecule has 0 bridgehead atoms. The number of phenols is 1. The fourth-order valence-electron chi connectivity index (χ4n) is 1.52. The number of rotatable bonds is 3. The van der Waals surface area contributed by atoms with Crippen LogP contribution in [0.1, 0.15) is 12.5 Å². The molecule has 0 atom stereocenters. The molecule has 100 valence electrons. The Bertz CT molecular complexity index is 585. The van der Waals surface area contributed by atoms with E-state index in [0.717, 1.165) is 11.8 Å². The number of hydrogen-bond acceptors (Lipinski definition) is 5. The van der Waals surface area contributed by atoms with E-state index in [0.29, 0.717) is 12.2 Å². The van der Waals surface area contributed by atoms with Crippen molar-refractivity contribution in [3.63, 3.8) is 0 Å². The molecular formula is C12H10ClNO4S. The highest BCUT2D eigenvalue weighted by Gasteiger charge is 2.25. The minimum atomic E-state index is -0.447. The fraction of sp³-hybridized carbons (Fsp3) is 0.167. The van der Waals surface area contributed by atoms with Crippen LogP contribution in [0.2, 0.25) is 5.02 Å². The lowest BCUT2D eigenvalue weighted by Gasteiger charge is -2.08. The van der Waals surface area contributed by atoms with Crippen molar-refractivity contribution in [2.24, 2.45) is 0 Å². The van der Waals surface area contributed by atoms with E-state index in [1.807, 2.05) is 0 Å². The monoisotopic (exact) mass is 299 g/mol. The van der Waals surface area contributed by atoms with Crippen molar-refractivity contribution < 1.29 is 19.4 Å². The molecule has 0 radical (unpaired) electrons. The van der Waals surface area contributed by atoms with Gasteiger partial charge in [0, 0.05) is 0 Å². The fourth-order valence-corrected chi connectivity index (χ4v) is 2.42. The number of carbonyl (C=O) groups excluding carboxylic acids is 2. The molecule has 0 spiro atoms. The number of phenolic OH excluding ortho intramolecular Hbond substituents is 1. The highest BCUT2D eigenvalue weighted by molar-refractivity contribution is 8.18. The molecule has 1 aromatic rings. The summed E-state index contributed by atoms with van der Waals surface area (Å²) >= 11 is 6.68. The van der Waals surface area contributed by atoms with Gasteiger partial charge in [0.25, 0.3) is 11.1 Å². The number of ether oxygens (including phenoxy) is 1. The highest BCUT2D eigenvalue weighted by atomic mass is 35.5. The Balaban J connectivity index is 2.38. The van der Waals surface area contributed by atoms with Gasteiger partial charge in [-0.15, -0.1) is 0 Å². The van der Waals surface area contributed by atoms with Gasteiger partial charge in [-0.2, -0.15) is 0 Å². The third kappa shape index (κ3) is 3.02. The SMILES string of the molecule is CCOc1cc(/C=C2\SC(=O)NC2=O)cc(Cl)c1O. The van der Waals surface area contributed by atoms with Gasteiger partial charge < -0.3 is 9.84 Å². The van der Waals surface area contributed by atoms with Gasteiger partial charge in [-0.3, -0.25) is 14.9 Å². The Hall–Kier alpha value is -1.66. The molecule has 2 rings (SSSR count). The van der Waals surface area contributed by atoms with Crippen molar-refractivity contribution in [2.75, 3.05) is 6.61 Å². The molecule has 5 nitrogen and oxygen atoms in total. The average Bonchev–Trinajstić information content (AvgIpc) is 2.64. The molecule has 1 fully saturated rings. The first-order chi connectivity index (χ1) is 9.01. The molecule has 2 amide bonds. The van der Waals surface area contributed by atoms with Crippen LogP contribution in [-0.2, 0) is 4.79 Å². The summed E-state index contributed by atoms with van der Waals surface area (Å²) in [6.45, 7) is 2.15. The molecule has 1 saturated heterocycles. The summed E-state index contributed by atoms with van der Waals surface area (Å²) in [6.07, 6.45) is 1.51. The molecule has 1 heterocycles. The molecule has 0 aromatic heterocycles. The summed E-state index contributed by atoms with van der Waals surface area (Å²) in [4.78, 5) is 22.7. The highest BCUT2D eigenvalue weighted by Crippen LogP contribution is 2.36. The summed E-state index contributed by atoms with van der Waals surface area (Å²) in [5.41, 5.74) is 0.568. The van der Waals surface area contributed by atoms with Crippen LogP contribution < -0.4 is 10.1 Å². The molecule has 0 aliphatic carbocycles.